The molecule has 0 unspecified atom stereocenters. The molecule has 90 valence electrons. The molecule has 1 aromatic carbocycles. The fourth-order valence-corrected chi connectivity index (χ4v) is 2.33. The zero-order valence-corrected chi connectivity index (χ0v) is 10.2. The molecule has 1 aromatic rings. The quantitative estimate of drug-likeness (QED) is 0.863. The molecule has 2 rings (SSSR count). The van der Waals surface area contributed by atoms with Crippen molar-refractivity contribution in [1.82, 2.24) is 5.32 Å². The van der Waals surface area contributed by atoms with Gasteiger partial charge in [-0.15, -0.1) is 0 Å². The summed E-state index contributed by atoms with van der Waals surface area (Å²) in [5.41, 5.74) is 2.04. The minimum atomic E-state index is -0.337. The Morgan fingerprint density at radius 1 is 1.29 bits per heavy atom. The zero-order chi connectivity index (χ0) is 12.1. The van der Waals surface area contributed by atoms with Crippen LogP contribution in [-0.2, 0) is 16.7 Å². The number of hydrogen-bond donors (Lipinski definition) is 1. The summed E-state index contributed by atoms with van der Waals surface area (Å²) in [6, 6.07) is 10.9. The van der Waals surface area contributed by atoms with Crippen LogP contribution in [0.2, 0.25) is 0 Å². The Kier molecular flexibility index (Phi) is 3.78. The summed E-state index contributed by atoms with van der Waals surface area (Å²) in [7, 11) is 1.93. The third-order valence-electron chi connectivity index (χ3n) is 3.45. The first-order valence-electron chi connectivity index (χ1n) is 6.04. The maximum absolute atomic E-state index is 9.45. The lowest BCUT2D eigenvalue weighted by molar-refractivity contribution is 0.0675. The van der Waals surface area contributed by atoms with E-state index in [0.717, 1.165) is 24.9 Å². The van der Waals surface area contributed by atoms with Gasteiger partial charge in [-0.2, -0.15) is 5.26 Å². The van der Waals surface area contributed by atoms with Gasteiger partial charge in [-0.1, -0.05) is 24.3 Å². The molecule has 0 atom stereocenters. The fraction of sp³-hybridized carbons (Fsp3) is 0.500. The van der Waals surface area contributed by atoms with Crippen LogP contribution in [0.4, 0.5) is 0 Å². The van der Waals surface area contributed by atoms with Crippen molar-refractivity contribution in [3.05, 3.63) is 35.4 Å². The van der Waals surface area contributed by atoms with Gasteiger partial charge in [0.1, 0.15) is 0 Å². The Morgan fingerprint density at radius 3 is 2.47 bits per heavy atom. The van der Waals surface area contributed by atoms with Gasteiger partial charge in [-0.05, 0) is 31.0 Å². The second kappa shape index (κ2) is 5.31. The second-order valence-electron chi connectivity index (χ2n) is 4.53. The molecule has 1 heterocycles. The average Bonchev–Trinajstić information content (AvgIpc) is 2.41. The molecule has 0 radical (unpaired) electrons. The summed E-state index contributed by atoms with van der Waals surface area (Å²) in [5.74, 6) is 0. The molecule has 0 bridgehead atoms. The molecule has 0 spiro atoms. The van der Waals surface area contributed by atoms with E-state index in [1.165, 1.54) is 5.56 Å². The molecule has 3 nitrogen and oxygen atoms in total. The van der Waals surface area contributed by atoms with Gasteiger partial charge in [0, 0.05) is 19.8 Å². The van der Waals surface area contributed by atoms with Gasteiger partial charge in [-0.3, -0.25) is 0 Å². The average molecular weight is 230 g/mol. The summed E-state index contributed by atoms with van der Waals surface area (Å²) >= 11 is 0. The molecule has 0 aliphatic carbocycles. The summed E-state index contributed by atoms with van der Waals surface area (Å²) < 4.78 is 5.35. The lowest BCUT2D eigenvalue weighted by Crippen LogP contribution is -2.32. The molecule has 0 amide bonds. The van der Waals surface area contributed by atoms with Crippen LogP contribution in [0, 0.1) is 11.3 Å². The number of nitrogens with zero attached hydrogens (tertiary/aromatic N) is 1. The maximum Gasteiger partial charge on any atom is 0.0866 e. The first kappa shape index (κ1) is 12.1. The Balaban J connectivity index is 2.22. The molecular formula is C14H18N2O. The van der Waals surface area contributed by atoms with E-state index in [0.29, 0.717) is 13.2 Å². The minimum absolute atomic E-state index is 0.337. The highest BCUT2D eigenvalue weighted by atomic mass is 16.5. The molecule has 1 aliphatic heterocycles. The summed E-state index contributed by atoms with van der Waals surface area (Å²) in [4.78, 5) is 0. The van der Waals surface area contributed by atoms with Crippen LogP contribution in [0.5, 0.6) is 0 Å². The fourth-order valence-electron chi connectivity index (χ4n) is 2.33. The smallest absolute Gasteiger partial charge is 0.0866 e. The highest BCUT2D eigenvalue weighted by molar-refractivity contribution is 5.35. The third-order valence-corrected chi connectivity index (χ3v) is 3.45. The highest BCUT2D eigenvalue weighted by Crippen LogP contribution is 2.34. The summed E-state index contributed by atoms with van der Waals surface area (Å²) in [5, 5.41) is 12.6. The molecule has 0 saturated carbocycles. The Bertz CT molecular complexity index is 399. The van der Waals surface area contributed by atoms with Gasteiger partial charge >= 0.3 is 0 Å². The summed E-state index contributed by atoms with van der Waals surface area (Å²) in [6.45, 7) is 2.24. The Morgan fingerprint density at radius 2 is 1.94 bits per heavy atom. The Hall–Kier alpha value is -1.37. The van der Waals surface area contributed by atoms with Crippen molar-refractivity contribution in [2.45, 2.75) is 24.8 Å². The topological polar surface area (TPSA) is 45.0 Å². The first-order valence-corrected chi connectivity index (χ1v) is 6.04. The van der Waals surface area contributed by atoms with E-state index >= 15 is 0 Å². The number of nitrogens with one attached hydrogen (secondary N) is 1. The van der Waals surface area contributed by atoms with Crippen molar-refractivity contribution in [2.75, 3.05) is 20.3 Å². The van der Waals surface area contributed by atoms with Crippen LogP contribution in [0.3, 0.4) is 0 Å². The lowest BCUT2D eigenvalue weighted by atomic mass is 9.75. The molecule has 0 aromatic heterocycles. The predicted octanol–water partition coefficient (Wildman–Crippen LogP) is 1.98. The molecule has 1 fully saturated rings. The zero-order valence-electron chi connectivity index (χ0n) is 10.2. The van der Waals surface area contributed by atoms with Crippen LogP contribution in [0.1, 0.15) is 24.0 Å². The summed E-state index contributed by atoms with van der Waals surface area (Å²) in [6.07, 6.45) is 1.60. The number of nitriles is 1. The van der Waals surface area contributed by atoms with Gasteiger partial charge in [0.15, 0.2) is 0 Å². The van der Waals surface area contributed by atoms with Crippen molar-refractivity contribution >= 4 is 0 Å². The van der Waals surface area contributed by atoms with Gasteiger partial charge in [-0.25, -0.2) is 0 Å². The number of rotatable bonds is 3. The lowest BCUT2D eigenvalue weighted by Gasteiger charge is -2.31. The van der Waals surface area contributed by atoms with Crippen molar-refractivity contribution in [2.24, 2.45) is 0 Å². The largest absolute Gasteiger partial charge is 0.381 e. The van der Waals surface area contributed by atoms with E-state index in [1.54, 1.807) is 0 Å². The number of benzene rings is 1. The standard InChI is InChI=1S/C14H18N2O/c1-16-10-12-2-4-13(5-3-12)14(11-15)6-8-17-9-7-14/h2-5,16H,6-10H2,1H3. The van der Waals surface area contributed by atoms with E-state index in [-0.39, 0.29) is 5.41 Å². The third kappa shape index (κ3) is 2.49. The van der Waals surface area contributed by atoms with Gasteiger partial charge < -0.3 is 10.1 Å². The second-order valence-corrected chi connectivity index (χ2v) is 4.53. The van der Waals surface area contributed by atoms with Crippen molar-refractivity contribution in [3.8, 4) is 6.07 Å². The molecule has 1 aliphatic rings. The monoisotopic (exact) mass is 230 g/mol. The van der Waals surface area contributed by atoms with Crippen LogP contribution in [0.15, 0.2) is 24.3 Å². The predicted molar refractivity (Wildman–Crippen MR) is 66.5 cm³/mol. The molecule has 17 heavy (non-hydrogen) atoms. The molecule has 1 N–H and O–H groups in total. The van der Waals surface area contributed by atoms with Crippen LogP contribution in [-0.4, -0.2) is 20.3 Å². The van der Waals surface area contributed by atoms with Crippen LogP contribution < -0.4 is 5.32 Å². The van der Waals surface area contributed by atoms with E-state index in [4.69, 9.17) is 4.74 Å². The highest BCUT2D eigenvalue weighted by Gasteiger charge is 2.34. The molecular weight excluding hydrogens is 212 g/mol. The van der Waals surface area contributed by atoms with E-state index in [9.17, 15) is 5.26 Å². The Labute approximate surface area is 102 Å². The van der Waals surface area contributed by atoms with E-state index in [1.807, 2.05) is 7.05 Å². The van der Waals surface area contributed by atoms with Gasteiger partial charge in [0.05, 0.1) is 11.5 Å². The maximum atomic E-state index is 9.45. The SMILES string of the molecule is CNCc1ccc(C2(C#N)CCOCC2)cc1. The van der Waals surface area contributed by atoms with Crippen LogP contribution in [0.25, 0.3) is 0 Å². The van der Waals surface area contributed by atoms with Crippen molar-refractivity contribution in [3.63, 3.8) is 0 Å². The molecule has 1 saturated heterocycles. The normalized spacial score (nSPS) is 18.6. The van der Waals surface area contributed by atoms with E-state index in [2.05, 4.69) is 35.7 Å². The molecule has 3 heteroatoms. The van der Waals surface area contributed by atoms with Crippen LogP contribution >= 0.6 is 0 Å². The first-order chi connectivity index (χ1) is 8.30. The number of hydrogen-bond acceptors (Lipinski definition) is 3. The van der Waals surface area contributed by atoms with Gasteiger partial charge in [0.2, 0.25) is 0 Å². The minimum Gasteiger partial charge on any atom is -0.381 e. The van der Waals surface area contributed by atoms with Gasteiger partial charge in [0.25, 0.3) is 0 Å². The van der Waals surface area contributed by atoms with E-state index < -0.39 is 0 Å². The number of ether oxygens (including phenoxy) is 1. The van der Waals surface area contributed by atoms with Crippen molar-refractivity contribution in [1.29, 1.82) is 5.26 Å². The van der Waals surface area contributed by atoms with Crippen molar-refractivity contribution < 1.29 is 4.74 Å².